The van der Waals surface area contributed by atoms with Crippen LogP contribution in [0, 0.1) is 34.6 Å². The molecule has 8 nitrogen and oxygen atoms in total. The van der Waals surface area contributed by atoms with Crippen molar-refractivity contribution in [2.75, 3.05) is 32.3 Å². The van der Waals surface area contributed by atoms with Gasteiger partial charge in [0, 0.05) is 19.0 Å². The first-order chi connectivity index (χ1) is 18.5. The van der Waals surface area contributed by atoms with E-state index in [-0.39, 0.29) is 17.2 Å². The summed E-state index contributed by atoms with van der Waals surface area (Å²) in [7, 11) is 4.95. The highest BCUT2D eigenvalue weighted by molar-refractivity contribution is 7.99. The molecular weight excluding hydrogens is 532 g/mol. The summed E-state index contributed by atoms with van der Waals surface area (Å²) in [6, 6.07) is 11.6. The summed E-state index contributed by atoms with van der Waals surface area (Å²) < 4.78 is 7.01. The Balaban J connectivity index is 0.000000771. The van der Waals surface area contributed by atoms with Crippen LogP contribution in [0.5, 0.6) is 5.75 Å². The number of hydrogen-bond acceptors (Lipinski definition) is 7. The maximum atomic E-state index is 13.7. The fraction of sp³-hybridized carbons (Fsp3) is 0.310. The average Bonchev–Trinajstić information content (AvgIpc) is 3.18. The van der Waals surface area contributed by atoms with E-state index in [4.69, 9.17) is 9.72 Å². The summed E-state index contributed by atoms with van der Waals surface area (Å²) in [4.78, 5) is 44.0. The van der Waals surface area contributed by atoms with Crippen LogP contribution in [0.2, 0.25) is 0 Å². The van der Waals surface area contributed by atoms with Crippen LogP contribution < -0.4 is 15.6 Å². The number of methoxy groups -OCH3 is 1. The van der Waals surface area contributed by atoms with Gasteiger partial charge in [0.25, 0.3) is 5.56 Å². The third kappa shape index (κ3) is 7.07. The Kier molecular flexibility index (Phi) is 9.93. The zero-order chi connectivity index (χ0) is 28.9. The summed E-state index contributed by atoms with van der Waals surface area (Å²) in [6.45, 7) is 9.88. The fourth-order valence-corrected chi connectivity index (χ4v) is 5.66. The van der Waals surface area contributed by atoms with E-state index in [1.165, 1.54) is 28.0 Å². The minimum atomic E-state index is -0.200. The number of amides is 2. The molecule has 0 atom stereocenters. The van der Waals surface area contributed by atoms with Crippen LogP contribution in [0.15, 0.2) is 46.3 Å². The Morgan fingerprint density at radius 3 is 2.38 bits per heavy atom. The van der Waals surface area contributed by atoms with E-state index in [2.05, 4.69) is 5.32 Å². The van der Waals surface area contributed by atoms with Crippen LogP contribution in [0.4, 0.5) is 5.69 Å². The third-order valence-electron chi connectivity index (χ3n) is 5.95. The Hall–Kier alpha value is -3.63. The second-order valence-electron chi connectivity index (χ2n) is 9.40. The number of carbonyl (C=O) groups is 2. The standard InChI is InChI=1S/C26H27N3O3S2.C3H7NO/c1-14-8-10-21(32-6)19(11-14)27-22(30)13-33-26-28-24-23(17(4)18(5)34-24)25(31)29(26)20-12-15(2)7-9-16(20)3;1-4(2)3-5/h7-12H,13H2,1-6H3,(H,27,30);3H,1-2H3. The van der Waals surface area contributed by atoms with Crippen LogP contribution in [-0.4, -0.2) is 53.7 Å². The number of thiophene rings is 1. The number of fused-ring (bicyclic) bond motifs is 1. The molecule has 4 aromatic rings. The van der Waals surface area contributed by atoms with Crippen molar-refractivity contribution >= 4 is 51.3 Å². The minimum Gasteiger partial charge on any atom is -0.495 e. The summed E-state index contributed by atoms with van der Waals surface area (Å²) >= 11 is 2.76. The van der Waals surface area contributed by atoms with E-state index >= 15 is 0 Å². The summed E-state index contributed by atoms with van der Waals surface area (Å²) in [5.74, 6) is 0.498. The molecule has 0 radical (unpaired) electrons. The van der Waals surface area contributed by atoms with Gasteiger partial charge in [0.1, 0.15) is 10.6 Å². The molecule has 0 saturated heterocycles. The number of carbonyl (C=O) groups excluding carboxylic acids is 2. The lowest BCUT2D eigenvalue weighted by molar-refractivity contribution is -0.116. The highest BCUT2D eigenvalue weighted by Gasteiger charge is 2.20. The molecule has 0 bridgehead atoms. The molecule has 2 aromatic carbocycles. The summed E-state index contributed by atoms with van der Waals surface area (Å²) in [5, 5.41) is 4.06. The number of rotatable bonds is 7. The van der Waals surface area contributed by atoms with Crippen molar-refractivity contribution in [3.8, 4) is 11.4 Å². The largest absolute Gasteiger partial charge is 0.495 e. The predicted octanol–water partition coefficient (Wildman–Crippen LogP) is 5.43. The summed E-state index contributed by atoms with van der Waals surface area (Å²) in [6.07, 6.45) is 0.750. The molecule has 0 spiro atoms. The molecule has 0 saturated carbocycles. The van der Waals surface area contributed by atoms with Crippen molar-refractivity contribution in [2.24, 2.45) is 0 Å². The number of aromatic nitrogens is 2. The number of hydrogen-bond donors (Lipinski definition) is 1. The minimum absolute atomic E-state index is 0.100. The Labute approximate surface area is 237 Å². The lowest BCUT2D eigenvalue weighted by atomic mass is 10.1. The number of aryl methyl sites for hydroxylation is 5. The topological polar surface area (TPSA) is 93.5 Å². The Morgan fingerprint density at radius 1 is 1.10 bits per heavy atom. The van der Waals surface area contributed by atoms with E-state index in [1.54, 1.807) is 25.8 Å². The monoisotopic (exact) mass is 566 g/mol. The molecule has 2 heterocycles. The van der Waals surface area contributed by atoms with E-state index in [0.717, 1.165) is 39.2 Å². The predicted molar refractivity (Wildman–Crippen MR) is 161 cm³/mol. The number of nitrogens with zero attached hydrogens (tertiary/aromatic N) is 3. The van der Waals surface area contributed by atoms with E-state index in [0.29, 0.717) is 26.8 Å². The number of ether oxygens (including phenoxy) is 1. The molecule has 0 aliphatic heterocycles. The maximum Gasteiger partial charge on any atom is 0.267 e. The quantitative estimate of drug-likeness (QED) is 0.182. The smallest absolute Gasteiger partial charge is 0.267 e. The second-order valence-corrected chi connectivity index (χ2v) is 11.5. The van der Waals surface area contributed by atoms with Crippen molar-refractivity contribution in [3.63, 3.8) is 0 Å². The van der Waals surface area contributed by atoms with Crippen LogP contribution in [-0.2, 0) is 9.59 Å². The zero-order valence-corrected chi connectivity index (χ0v) is 25.2. The highest BCUT2D eigenvalue weighted by Crippen LogP contribution is 2.31. The third-order valence-corrected chi connectivity index (χ3v) is 7.99. The molecule has 2 amide bonds. The maximum absolute atomic E-state index is 13.7. The first-order valence-electron chi connectivity index (χ1n) is 12.3. The van der Waals surface area contributed by atoms with Gasteiger partial charge in [-0.05, 0) is 75.1 Å². The van der Waals surface area contributed by atoms with Gasteiger partial charge in [-0.1, -0.05) is 30.0 Å². The van der Waals surface area contributed by atoms with E-state index < -0.39 is 0 Å². The lowest BCUT2D eigenvalue weighted by Gasteiger charge is -2.15. The SMILES string of the molecule is CN(C)C=O.COc1ccc(C)cc1NC(=O)CSc1nc2sc(C)c(C)c2c(=O)n1-c1cc(C)ccc1C. The van der Waals surface area contributed by atoms with Gasteiger partial charge in [0.05, 0.1) is 29.6 Å². The molecular formula is C29H34N4O4S2. The van der Waals surface area contributed by atoms with Crippen LogP contribution in [0.25, 0.3) is 15.9 Å². The number of anilines is 1. The molecule has 0 aliphatic rings. The van der Waals surface area contributed by atoms with Crippen molar-refractivity contribution in [1.29, 1.82) is 0 Å². The molecule has 10 heteroatoms. The van der Waals surface area contributed by atoms with Gasteiger partial charge in [0.2, 0.25) is 12.3 Å². The van der Waals surface area contributed by atoms with Crippen LogP contribution in [0.3, 0.4) is 0 Å². The Morgan fingerprint density at radius 2 is 1.74 bits per heavy atom. The van der Waals surface area contributed by atoms with Gasteiger partial charge in [-0.25, -0.2) is 4.98 Å². The van der Waals surface area contributed by atoms with Crippen LogP contribution >= 0.6 is 23.1 Å². The van der Waals surface area contributed by atoms with Gasteiger partial charge >= 0.3 is 0 Å². The summed E-state index contributed by atoms with van der Waals surface area (Å²) in [5.41, 5.74) is 5.28. The first-order valence-corrected chi connectivity index (χ1v) is 14.1. The second kappa shape index (κ2) is 12.9. The molecule has 206 valence electrons. The van der Waals surface area contributed by atoms with E-state index in [9.17, 15) is 14.4 Å². The lowest BCUT2D eigenvalue weighted by Crippen LogP contribution is -2.23. The number of thioether (sulfide) groups is 1. The first kappa shape index (κ1) is 29.9. The van der Waals surface area contributed by atoms with Gasteiger partial charge < -0.3 is 15.0 Å². The molecule has 0 unspecified atom stereocenters. The van der Waals surface area contributed by atoms with Crippen LogP contribution in [0.1, 0.15) is 27.1 Å². The molecule has 0 fully saturated rings. The number of nitrogens with one attached hydrogen (secondary N) is 1. The van der Waals surface area contributed by atoms with Gasteiger partial charge in [-0.15, -0.1) is 11.3 Å². The highest BCUT2D eigenvalue weighted by atomic mass is 32.2. The zero-order valence-electron chi connectivity index (χ0n) is 23.5. The Bertz CT molecular complexity index is 1570. The molecule has 0 aliphatic carbocycles. The van der Waals surface area contributed by atoms with Crippen molar-refractivity contribution < 1.29 is 14.3 Å². The normalized spacial score (nSPS) is 10.6. The van der Waals surface area contributed by atoms with Crippen molar-refractivity contribution in [2.45, 2.75) is 39.8 Å². The van der Waals surface area contributed by atoms with E-state index in [1.807, 2.05) is 71.0 Å². The van der Waals surface area contributed by atoms with Gasteiger partial charge in [0.15, 0.2) is 5.16 Å². The van der Waals surface area contributed by atoms with Crippen molar-refractivity contribution in [1.82, 2.24) is 14.5 Å². The average molecular weight is 567 g/mol. The fourth-order valence-electron chi connectivity index (χ4n) is 3.78. The number of benzene rings is 2. The van der Waals surface area contributed by atoms with Crippen molar-refractivity contribution in [3.05, 3.63) is 73.9 Å². The molecule has 1 N–H and O–H groups in total. The molecule has 2 aromatic heterocycles. The molecule has 4 rings (SSSR count). The molecule has 39 heavy (non-hydrogen) atoms. The van der Waals surface area contributed by atoms with Gasteiger partial charge in [-0.2, -0.15) is 0 Å². The van der Waals surface area contributed by atoms with Gasteiger partial charge in [-0.3, -0.25) is 19.0 Å².